The maximum absolute atomic E-state index is 13.2. The standard InChI is InChI=1S/C12H9FN4OS/c13-9-3-4-10(8(6-9)2-1-5-14)12(18)16-11-7-15-17-19-11/h3-4,6-7H,5,14H2,(H,16,18). The highest BCUT2D eigenvalue weighted by Gasteiger charge is 2.12. The monoisotopic (exact) mass is 276 g/mol. The van der Waals surface area contributed by atoms with Gasteiger partial charge in [-0.2, -0.15) is 0 Å². The van der Waals surface area contributed by atoms with Crippen molar-refractivity contribution in [1.82, 2.24) is 9.59 Å². The van der Waals surface area contributed by atoms with Crippen LogP contribution >= 0.6 is 11.5 Å². The van der Waals surface area contributed by atoms with Crippen LogP contribution in [0.1, 0.15) is 15.9 Å². The van der Waals surface area contributed by atoms with Gasteiger partial charge in [-0.05, 0) is 18.2 Å². The summed E-state index contributed by atoms with van der Waals surface area (Å²) in [6, 6.07) is 3.77. The summed E-state index contributed by atoms with van der Waals surface area (Å²) in [5.74, 6) is 4.41. The van der Waals surface area contributed by atoms with Crippen molar-refractivity contribution in [3.63, 3.8) is 0 Å². The molecule has 0 atom stereocenters. The molecule has 0 saturated carbocycles. The van der Waals surface area contributed by atoms with Crippen molar-refractivity contribution in [1.29, 1.82) is 0 Å². The summed E-state index contributed by atoms with van der Waals surface area (Å²) in [7, 11) is 0. The van der Waals surface area contributed by atoms with E-state index in [1.54, 1.807) is 0 Å². The Morgan fingerprint density at radius 2 is 2.37 bits per heavy atom. The topological polar surface area (TPSA) is 80.9 Å². The van der Waals surface area contributed by atoms with Gasteiger partial charge < -0.3 is 11.1 Å². The summed E-state index contributed by atoms with van der Waals surface area (Å²) >= 11 is 1.05. The molecule has 2 aromatic rings. The van der Waals surface area contributed by atoms with Crippen molar-refractivity contribution in [2.75, 3.05) is 11.9 Å². The van der Waals surface area contributed by atoms with E-state index in [1.165, 1.54) is 24.4 Å². The van der Waals surface area contributed by atoms with Crippen molar-refractivity contribution in [3.8, 4) is 11.8 Å². The smallest absolute Gasteiger partial charge is 0.257 e. The Balaban J connectivity index is 2.30. The van der Waals surface area contributed by atoms with Gasteiger partial charge in [-0.1, -0.05) is 16.3 Å². The Bertz CT molecular complexity index is 645. The molecular weight excluding hydrogens is 267 g/mol. The molecule has 0 aliphatic rings. The molecule has 96 valence electrons. The van der Waals surface area contributed by atoms with E-state index >= 15 is 0 Å². The van der Waals surface area contributed by atoms with Gasteiger partial charge >= 0.3 is 0 Å². The molecule has 0 saturated heterocycles. The van der Waals surface area contributed by atoms with Crippen molar-refractivity contribution in [2.45, 2.75) is 0 Å². The third-order valence-corrected chi connectivity index (χ3v) is 2.73. The molecule has 1 amide bonds. The van der Waals surface area contributed by atoms with Gasteiger partial charge in [-0.15, -0.1) is 5.10 Å². The van der Waals surface area contributed by atoms with Crippen LogP contribution in [0.5, 0.6) is 0 Å². The fourth-order valence-corrected chi connectivity index (χ4v) is 1.78. The number of carbonyl (C=O) groups excluding carboxylic acids is 1. The van der Waals surface area contributed by atoms with Crippen LogP contribution in [0.3, 0.4) is 0 Å². The summed E-state index contributed by atoms with van der Waals surface area (Å²) in [5, 5.41) is 6.72. The number of amides is 1. The van der Waals surface area contributed by atoms with E-state index in [2.05, 4.69) is 26.7 Å². The quantitative estimate of drug-likeness (QED) is 0.809. The van der Waals surface area contributed by atoms with Gasteiger partial charge in [0.15, 0.2) is 0 Å². The van der Waals surface area contributed by atoms with Crippen molar-refractivity contribution >= 4 is 22.4 Å². The molecule has 1 aromatic heterocycles. The highest BCUT2D eigenvalue weighted by Crippen LogP contribution is 2.15. The molecular formula is C12H9FN4OS. The summed E-state index contributed by atoms with van der Waals surface area (Å²) in [5.41, 5.74) is 5.83. The van der Waals surface area contributed by atoms with Crippen LogP contribution in [0, 0.1) is 17.7 Å². The lowest BCUT2D eigenvalue weighted by atomic mass is 10.1. The van der Waals surface area contributed by atoms with E-state index in [0.717, 1.165) is 11.5 Å². The van der Waals surface area contributed by atoms with E-state index in [4.69, 9.17) is 5.73 Å². The number of nitrogens with one attached hydrogen (secondary N) is 1. The number of hydrogen-bond donors (Lipinski definition) is 2. The van der Waals surface area contributed by atoms with Gasteiger partial charge in [-0.3, -0.25) is 4.79 Å². The predicted octanol–water partition coefficient (Wildman–Crippen LogP) is 1.24. The first-order valence-corrected chi connectivity index (χ1v) is 6.05. The Hall–Kier alpha value is -2.30. The number of benzene rings is 1. The van der Waals surface area contributed by atoms with E-state index < -0.39 is 11.7 Å². The molecule has 0 bridgehead atoms. The molecule has 1 aromatic carbocycles. The number of hydrogen-bond acceptors (Lipinski definition) is 5. The Morgan fingerprint density at radius 1 is 1.53 bits per heavy atom. The number of nitrogens with zero attached hydrogens (tertiary/aromatic N) is 2. The van der Waals surface area contributed by atoms with Crippen LogP contribution in [0.4, 0.5) is 9.39 Å². The van der Waals surface area contributed by atoms with Crippen molar-refractivity contribution < 1.29 is 9.18 Å². The largest absolute Gasteiger partial charge is 0.320 e. The van der Waals surface area contributed by atoms with E-state index in [1.807, 2.05) is 0 Å². The zero-order chi connectivity index (χ0) is 13.7. The average molecular weight is 276 g/mol. The maximum Gasteiger partial charge on any atom is 0.257 e. The molecule has 0 radical (unpaired) electrons. The lowest BCUT2D eigenvalue weighted by Gasteiger charge is -2.04. The van der Waals surface area contributed by atoms with Gasteiger partial charge in [0.25, 0.3) is 5.91 Å². The Kier molecular flexibility index (Phi) is 4.18. The first-order chi connectivity index (χ1) is 9.20. The summed E-state index contributed by atoms with van der Waals surface area (Å²) in [4.78, 5) is 12.0. The van der Waals surface area contributed by atoms with Gasteiger partial charge in [0.2, 0.25) is 0 Å². The second-order valence-corrected chi connectivity index (χ2v) is 4.22. The predicted molar refractivity (Wildman–Crippen MR) is 70.2 cm³/mol. The first-order valence-electron chi connectivity index (χ1n) is 5.28. The first kappa shape index (κ1) is 13.1. The van der Waals surface area contributed by atoms with Crippen LogP contribution in [-0.2, 0) is 0 Å². The minimum Gasteiger partial charge on any atom is -0.320 e. The summed E-state index contributed by atoms with van der Waals surface area (Å²) < 4.78 is 16.8. The Labute approximate surface area is 112 Å². The van der Waals surface area contributed by atoms with Gasteiger partial charge in [-0.25, -0.2) is 4.39 Å². The van der Waals surface area contributed by atoms with Crippen molar-refractivity contribution in [2.24, 2.45) is 5.73 Å². The Morgan fingerprint density at radius 3 is 3.05 bits per heavy atom. The van der Waals surface area contributed by atoms with Crippen LogP contribution in [0.2, 0.25) is 0 Å². The van der Waals surface area contributed by atoms with Crippen molar-refractivity contribution in [3.05, 3.63) is 41.3 Å². The zero-order valence-corrected chi connectivity index (χ0v) is 10.5. The summed E-state index contributed by atoms with van der Waals surface area (Å²) in [6.45, 7) is 0.135. The SMILES string of the molecule is NCC#Cc1cc(F)ccc1C(=O)Nc1cnns1. The molecule has 0 unspecified atom stereocenters. The third-order valence-electron chi connectivity index (χ3n) is 2.15. The second-order valence-electron chi connectivity index (χ2n) is 3.43. The lowest BCUT2D eigenvalue weighted by molar-refractivity contribution is 0.102. The number of rotatable bonds is 2. The zero-order valence-electron chi connectivity index (χ0n) is 9.68. The minimum atomic E-state index is -0.461. The van der Waals surface area contributed by atoms with E-state index in [9.17, 15) is 9.18 Å². The molecule has 0 spiro atoms. The fourth-order valence-electron chi connectivity index (χ4n) is 1.37. The fraction of sp³-hybridized carbons (Fsp3) is 0.0833. The highest BCUT2D eigenvalue weighted by molar-refractivity contribution is 7.10. The van der Waals surface area contributed by atoms with Gasteiger partial charge in [0.1, 0.15) is 10.8 Å². The number of halogens is 1. The number of anilines is 1. The number of carbonyl (C=O) groups is 1. The lowest BCUT2D eigenvalue weighted by Crippen LogP contribution is -2.13. The maximum atomic E-state index is 13.2. The second kappa shape index (κ2) is 6.04. The molecule has 0 aliphatic heterocycles. The number of aromatic nitrogens is 2. The van der Waals surface area contributed by atoms with Crippen LogP contribution in [-0.4, -0.2) is 22.0 Å². The molecule has 2 rings (SSSR count). The molecule has 7 heteroatoms. The van der Waals surface area contributed by atoms with Gasteiger partial charge in [0, 0.05) is 17.1 Å². The molecule has 0 fully saturated rings. The molecule has 3 N–H and O–H groups in total. The van der Waals surface area contributed by atoms with Gasteiger partial charge in [0.05, 0.1) is 18.3 Å². The third kappa shape index (κ3) is 3.34. The molecule has 1 heterocycles. The van der Waals surface area contributed by atoms with Crippen LogP contribution in [0.25, 0.3) is 0 Å². The highest BCUT2D eigenvalue weighted by atomic mass is 32.1. The average Bonchev–Trinajstić information content (AvgIpc) is 2.89. The normalized spacial score (nSPS) is 9.58. The van der Waals surface area contributed by atoms with E-state index in [-0.39, 0.29) is 12.1 Å². The molecule has 5 nitrogen and oxygen atoms in total. The number of nitrogens with two attached hydrogens (primary N) is 1. The van der Waals surface area contributed by atoms with E-state index in [0.29, 0.717) is 10.6 Å². The van der Waals surface area contributed by atoms with Crippen LogP contribution < -0.4 is 11.1 Å². The molecule has 19 heavy (non-hydrogen) atoms. The summed E-state index contributed by atoms with van der Waals surface area (Å²) in [6.07, 6.45) is 1.43. The van der Waals surface area contributed by atoms with Crippen LogP contribution in [0.15, 0.2) is 24.4 Å². The minimum absolute atomic E-state index is 0.135. The molecule has 0 aliphatic carbocycles.